The molecule has 0 rings (SSSR count). The molecule has 0 aliphatic rings. The lowest BCUT2D eigenvalue weighted by molar-refractivity contribution is -0.445. The quantitative estimate of drug-likeness (QED) is 0.409. The summed E-state index contributed by atoms with van der Waals surface area (Å²) >= 11 is 0. The third-order valence-corrected chi connectivity index (χ3v) is 2.74. The topological polar surface area (TPSA) is 46.5 Å². The van der Waals surface area contributed by atoms with Crippen molar-refractivity contribution in [2.24, 2.45) is 0 Å². The molecule has 0 amide bonds. The lowest BCUT2D eigenvalue weighted by Crippen LogP contribution is -2.73. The zero-order chi connectivity index (χ0) is 22.4. The highest BCUT2D eigenvalue weighted by Gasteiger charge is 2.87. The Morgan fingerprint density at radius 1 is 0.778 bits per heavy atom. The zero-order valence-electron chi connectivity index (χ0n) is 11.8. The standard InChI is InChI=1S/C10H4F14O3/c1-2(6(13,14)15)3(25)27-4(7(16,17)18)5(11,12)8(26,9(19,20)21)10(22,23)24/h4,26H,1H2. The summed E-state index contributed by atoms with van der Waals surface area (Å²) in [6.07, 6.45) is -33.7. The van der Waals surface area contributed by atoms with Gasteiger partial charge in [0, 0.05) is 0 Å². The Kier molecular flexibility index (Phi) is 6.22. The molecule has 27 heavy (non-hydrogen) atoms. The molecule has 1 N–H and O–H groups in total. The Labute approximate surface area is 138 Å². The van der Waals surface area contributed by atoms with Crippen molar-refractivity contribution in [2.75, 3.05) is 0 Å². The van der Waals surface area contributed by atoms with Gasteiger partial charge in [0.2, 0.25) is 0 Å². The number of esters is 1. The molecule has 0 aliphatic heterocycles. The van der Waals surface area contributed by atoms with Crippen molar-refractivity contribution in [3.05, 3.63) is 12.2 Å². The second-order valence-corrected chi connectivity index (χ2v) is 4.63. The van der Waals surface area contributed by atoms with E-state index < -0.39 is 53.9 Å². The second-order valence-electron chi connectivity index (χ2n) is 4.63. The predicted molar refractivity (Wildman–Crippen MR) is 53.1 cm³/mol. The number of hydrogen-bond donors (Lipinski definition) is 1. The molecule has 1 unspecified atom stereocenters. The average Bonchev–Trinajstić information content (AvgIpc) is 2.37. The highest BCUT2D eigenvalue weighted by molar-refractivity contribution is 5.89. The van der Waals surface area contributed by atoms with Crippen LogP contribution in [0.2, 0.25) is 0 Å². The molecule has 0 fully saturated rings. The van der Waals surface area contributed by atoms with Crippen LogP contribution in [0.5, 0.6) is 0 Å². The fraction of sp³-hybridized carbons (Fsp3) is 0.700. The summed E-state index contributed by atoms with van der Waals surface area (Å²) in [6.45, 7) is 1.78. The largest absolute Gasteiger partial charge is 0.442 e. The van der Waals surface area contributed by atoms with Gasteiger partial charge in [-0.05, 0) is 0 Å². The van der Waals surface area contributed by atoms with Crippen molar-refractivity contribution in [3.63, 3.8) is 0 Å². The van der Waals surface area contributed by atoms with Crippen LogP contribution in [0, 0.1) is 0 Å². The van der Waals surface area contributed by atoms with Crippen LogP contribution >= 0.6 is 0 Å². The molecule has 160 valence electrons. The number of carbonyl (C=O) groups is 1. The van der Waals surface area contributed by atoms with Crippen molar-refractivity contribution in [3.8, 4) is 0 Å². The molecule has 0 aromatic carbocycles. The molecule has 0 heterocycles. The Balaban J connectivity index is 6.45. The van der Waals surface area contributed by atoms with Gasteiger partial charge in [-0.3, -0.25) is 0 Å². The van der Waals surface area contributed by atoms with Crippen molar-refractivity contribution in [1.82, 2.24) is 0 Å². The van der Waals surface area contributed by atoms with Crippen LogP contribution in [-0.4, -0.2) is 53.4 Å². The van der Waals surface area contributed by atoms with E-state index in [1.54, 1.807) is 6.58 Å². The minimum atomic E-state index is -7.52. The molecule has 0 aromatic heterocycles. The van der Waals surface area contributed by atoms with Gasteiger partial charge in [0.1, 0.15) is 5.57 Å². The maximum Gasteiger partial charge on any atom is 0.432 e. The van der Waals surface area contributed by atoms with E-state index in [0.717, 1.165) is 0 Å². The first kappa shape index (κ1) is 25.2. The van der Waals surface area contributed by atoms with E-state index in [0.29, 0.717) is 0 Å². The number of carbonyl (C=O) groups excluding carboxylic acids is 1. The monoisotopic (exact) mass is 438 g/mol. The first-order chi connectivity index (χ1) is 11.4. The molecular weight excluding hydrogens is 434 g/mol. The maximum absolute atomic E-state index is 13.5. The molecule has 0 spiro atoms. The normalized spacial score (nSPS) is 16.1. The summed E-state index contributed by atoms with van der Waals surface area (Å²) in [4.78, 5) is 10.8. The summed E-state index contributed by atoms with van der Waals surface area (Å²) in [6, 6.07) is 0. The predicted octanol–water partition coefficient (Wildman–Crippen LogP) is 4.07. The van der Waals surface area contributed by atoms with E-state index in [1.165, 1.54) is 0 Å². The van der Waals surface area contributed by atoms with E-state index in [1.807, 2.05) is 0 Å². The molecule has 3 nitrogen and oxygen atoms in total. The van der Waals surface area contributed by atoms with E-state index >= 15 is 0 Å². The summed E-state index contributed by atoms with van der Waals surface area (Å²) in [5.41, 5.74) is -10.4. The SMILES string of the molecule is C=C(C(=O)OC(C(F)(F)F)C(F)(F)C(O)(C(F)(F)F)C(F)(F)F)C(F)(F)F. The summed E-state index contributed by atoms with van der Waals surface area (Å²) in [7, 11) is 0. The first-order valence-corrected chi connectivity index (χ1v) is 5.69. The Morgan fingerprint density at radius 2 is 1.11 bits per heavy atom. The third-order valence-electron chi connectivity index (χ3n) is 2.74. The molecule has 1 atom stereocenters. The minimum Gasteiger partial charge on any atom is -0.442 e. The molecule has 0 radical (unpaired) electrons. The van der Waals surface area contributed by atoms with Gasteiger partial charge in [-0.2, -0.15) is 61.5 Å². The van der Waals surface area contributed by atoms with E-state index in [2.05, 4.69) is 4.74 Å². The fourth-order valence-electron chi connectivity index (χ4n) is 1.37. The lowest BCUT2D eigenvalue weighted by Gasteiger charge is -2.41. The Morgan fingerprint density at radius 3 is 1.33 bits per heavy atom. The number of alkyl halides is 14. The van der Waals surface area contributed by atoms with Crippen molar-refractivity contribution in [1.29, 1.82) is 0 Å². The second kappa shape index (κ2) is 6.66. The van der Waals surface area contributed by atoms with Gasteiger partial charge in [-0.1, -0.05) is 6.58 Å². The van der Waals surface area contributed by atoms with Crippen LogP contribution in [0.15, 0.2) is 12.2 Å². The Bertz CT molecular complexity index is 564. The Hall–Kier alpha value is -1.81. The van der Waals surface area contributed by atoms with Gasteiger partial charge in [0.05, 0.1) is 0 Å². The van der Waals surface area contributed by atoms with Crippen molar-refractivity contribution in [2.45, 2.75) is 42.3 Å². The van der Waals surface area contributed by atoms with E-state index in [-0.39, 0.29) is 0 Å². The van der Waals surface area contributed by atoms with Gasteiger partial charge < -0.3 is 9.84 Å². The van der Waals surface area contributed by atoms with Crippen LogP contribution in [0.4, 0.5) is 61.5 Å². The maximum atomic E-state index is 13.5. The minimum absolute atomic E-state index is 1.78. The highest BCUT2D eigenvalue weighted by Crippen LogP contribution is 2.55. The number of hydrogen-bond acceptors (Lipinski definition) is 3. The van der Waals surface area contributed by atoms with Crippen LogP contribution in [0.1, 0.15) is 0 Å². The molecule has 0 saturated heterocycles. The fourth-order valence-corrected chi connectivity index (χ4v) is 1.37. The molecule has 0 saturated carbocycles. The summed E-state index contributed by atoms with van der Waals surface area (Å²) < 4.78 is 178. The average molecular weight is 438 g/mol. The molecule has 17 heteroatoms. The lowest BCUT2D eigenvalue weighted by atomic mass is 9.89. The molecular formula is C10H4F14O3. The summed E-state index contributed by atoms with van der Waals surface area (Å²) in [5, 5.41) is 8.42. The third kappa shape index (κ3) is 4.55. The first-order valence-electron chi connectivity index (χ1n) is 5.69. The molecule has 0 aromatic rings. The molecule has 0 aliphatic carbocycles. The van der Waals surface area contributed by atoms with Gasteiger partial charge in [-0.25, -0.2) is 4.79 Å². The van der Waals surface area contributed by atoms with Crippen LogP contribution < -0.4 is 0 Å². The van der Waals surface area contributed by atoms with E-state index in [9.17, 15) is 66.3 Å². The summed E-state index contributed by atoms with van der Waals surface area (Å²) in [5.74, 6) is -10.9. The van der Waals surface area contributed by atoms with Gasteiger partial charge in [0.15, 0.2) is 0 Å². The van der Waals surface area contributed by atoms with Gasteiger partial charge >= 0.3 is 42.2 Å². The highest BCUT2D eigenvalue weighted by atomic mass is 19.4. The smallest absolute Gasteiger partial charge is 0.432 e. The van der Waals surface area contributed by atoms with Gasteiger partial charge in [-0.15, -0.1) is 0 Å². The van der Waals surface area contributed by atoms with Crippen LogP contribution in [-0.2, 0) is 9.53 Å². The van der Waals surface area contributed by atoms with Crippen LogP contribution in [0.3, 0.4) is 0 Å². The number of halogens is 14. The van der Waals surface area contributed by atoms with Crippen LogP contribution in [0.25, 0.3) is 0 Å². The number of aliphatic hydroxyl groups is 1. The number of rotatable bonds is 4. The zero-order valence-corrected chi connectivity index (χ0v) is 11.8. The van der Waals surface area contributed by atoms with E-state index in [4.69, 9.17) is 5.11 Å². The van der Waals surface area contributed by atoms with Crippen molar-refractivity contribution < 1.29 is 76.1 Å². The van der Waals surface area contributed by atoms with Crippen molar-refractivity contribution >= 4 is 5.97 Å². The van der Waals surface area contributed by atoms with Gasteiger partial charge in [0.25, 0.3) is 6.10 Å². The molecule has 0 bridgehead atoms. The number of ether oxygens (including phenoxy) is 1.